The molecule has 0 fully saturated rings. The summed E-state index contributed by atoms with van der Waals surface area (Å²) in [5.41, 5.74) is 3.65. The summed E-state index contributed by atoms with van der Waals surface area (Å²) in [5.74, 6) is -1.64. The Labute approximate surface area is 144 Å². The number of hydrogen-bond donors (Lipinski definition) is 1. The van der Waals surface area contributed by atoms with E-state index in [2.05, 4.69) is 11.4 Å². The Morgan fingerprint density at radius 1 is 1.29 bits per heavy atom. The molecule has 0 radical (unpaired) electrons. The minimum Gasteiger partial charge on any atom is -0.465 e. The molecule has 4 nitrogen and oxygen atoms in total. The lowest BCUT2D eigenvalue weighted by Gasteiger charge is -2.20. The van der Waals surface area contributed by atoms with Gasteiger partial charge in [0, 0.05) is 17.2 Å². The van der Waals surface area contributed by atoms with Gasteiger partial charge in [-0.2, -0.15) is 16.6 Å². The largest absolute Gasteiger partial charge is 0.465 e. The van der Waals surface area contributed by atoms with Crippen molar-refractivity contribution in [1.82, 2.24) is 0 Å². The molecule has 1 aromatic carbocycles. The van der Waals surface area contributed by atoms with Crippen LogP contribution in [0.5, 0.6) is 0 Å². The number of rotatable bonds is 4. The predicted octanol–water partition coefficient (Wildman–Crippen LogP) is 4.16. The average molecular weight is 336 g/mol. The molecule has 5 heteroatoms. The van der Waals surface area contributed by atoms with Crippen LogP contribution < -0.4 is 0 Å². The number of nitrogens with zero attached hydrogens (tertiary/aromatic N) is 1. The smallest absolute Gasteiger partial charge is 0.315 e. The molecule has 2 aromatic rings. The second-order valence-corrected chi connectivity index (χ2v) is 6.29. The van der Waals surface area contributed by atoms with Crippen molar-refractivity contribution >= 4 is 23.0 Å². The molecule has 1 N–H and O–H groups in total. The SMILES string of the molecule is CCOC(=O)C1C(=N)C=C(C#N)C1c1ccc(-c2ccsc2)cc1. The van der Waals surface area contributed by atoms with Crippen molar-refractivity contribution in [2.75, 3.05) is 6.61 Å². The summed E-state index contributed by atoms with van der Waals surface area (Å²) >= 11 is 1.64. The van der Waals surface area contributed by atoms with E-state index in [1.165, 1.54) is 6.08 Å². The van der Waals surface area contributed by atoms with Crippen LogP contribution in [0.15, 0.2) is 52.7 Å². The highest BCUT2D eigenvalue weighted by Gasteiger charge is 2.41. The van der Waals surface area contributed by atoms with Gasteiger partial charge >= 0.3 is 5.97 Å². The zero-order chi connectivity index (χ0) is 17.1. The van der Waals surface area contributed by atoms with Crippen LogP contribution in [0.4, 0.5) is 0 Å². The Hall–Kier alpha value is -2.71. The van der Waals surface area contributed by atoms with Crippen LogP contribution in [-0.2, 0) is 9.53 Å². The lowest BCUT2D eigenvalue weighted by Crippen LogP contribution is -2.27. The van der Waals surface area contributed by atoms with Crippen LogP contribution in [0.25, 0.3) is 11.1 Å². The predicted molar refractivity (Wildman–Crippen MR) is 94.0 cm³/mol. The van der Waals surface area contributed by atoms with E-state index in [1.807, 2.05) is 35.7 Å². The van der Waals surface area contributed by atoms with Crippen molar-refractivity contribution in [3.8, 4) is 17.2 Å². The first-order chi connectivity index (χ1) is 11.7. The van der Waals surface area contributed by atoms with Crippen molar-refractivity contribution in [2.24, 2.45) is 5.92 Å². The molecule has 0 saturated carbocycles. The minimum absolute atomic E-state index is 0.136. The number of nitrogens with one attached hydrogen (secondary N) is 1. The molecule has 1 aliphatic rings. The van der Waals surface area contributed by atoms with E-state index in [-0.39, 0.29) is 12.3 Å². The number of nitriles is 1. The molecule has 24 heavy (non-hydrogen) atoms. The summed E-state index contributed by atoms with van der Waals surface area (Å²) in [5, 5.41) is 21.5. The molecule has 0 saturated heterocycles. The second-order valence-electron chi connectivity index (χ2n) is 5.51. The fourth-order valence-electron chi connectivity index (χ4n) is 2.99. The molecule has 0 spiro atoms. The van der Waals surface area contributed by atoms with E-state index < -0.39 is 17.8 Å². The molecule has 2 unspecified atom stereocenters. The molecule has 0 aliphatic heterocycles. The van der Waals surface area contributed by atoms with Crippen LogP contribution in [0.1, 0.15) is 18.4 Å². The third-order valence-electron chi connectivity index (χ3n) is 4.11. The Balaban J connectivity index is 1.95. The molecule has 0 bridgehead atoms. The summed E-state index contributed by atoms with van der Waals surface area (Å²) in [4.78, 5) is 12.3. The number of thiophene rings is 1. The van der Waals surface area contributed by atoms with Crippen LogP contribution >= 0.6 is 11.3 Å². The van der Waals surface area contributed by atoms with Gasteiger partial charge in [0.2, 0.25) is 0 Å². The first-order valence-corrected chi connectivity index (χ1v) is 8.59. The number of hydrogen-bond acceptors (Lipinski definition) is 5. The molecular weight excluding hydrogens is 320 g/mol. The van der Waals surface area contributed by atoms with Gasteiger partial charge in [0.05, 0.1) is 12.7 Å². The van der Waals surface area contributed by atoms with Crippen molar-refractivity contribution < 1.29 is 9.53 Å². The highest BCUT2D eigenvalue weighted by molar-refractivity contribution is 7.08. The normalized spacial score (nSPS) is 19.7. The Morgan fingerprint density at radius 3 is 2.62 bits per heavy atom. The zero-order valence-electron chi connectivity index (χ0n) is 13.2. The first kappa shape index (κ1) is 16.2. The summed E-state index contributed by atoms with van der Waals surface area (Å²) in [6, 6.07) is 12.0. The van der Waals surface area contributed by atoms with Crippen molar-refractivity contribution in [3.05, 3.63) is 58.3 Å². The molecule has 3 rings (SSSR count). The summed E-state index contributed by atoms with van der Waals surface area (Å²) < 4.78 is 5.10. The standard InChI is InChI=1S/C19H16N2O2S/c1-2-23-19(22)18-16(21)9-15(10-20)17(18)13-5-3-12(4-6-13)14-7-8-24-11-14/h3-9,11,17-18,21H,2H2,1H3. The summed E-state index contributed by atoms with van der Waals surface area (Å²) in [6.07, 6.45) is 1.49. The summed E-state index contributed by atoms with van der Waals surface area (Å²) in [6.45, 7) is 1.99. The van der Waals surface area contributed by atoms with E-state index in [4.69, 9.17) is 10.1 Å². The van der Waals surface area contributed by atoms with E-state index >= 15 is 0 Å². The Bertz CT molecular complexity index is 829. The van der Waals surface area contributed by atoms with Gasteiger partial charge < -0.3 is 10.1 Å². The average Bonchev–Trinajstić information content (AvgIpc) is 3.22. The van der Waals surface area contributed by atoms with Crippen LogP contribution in [0, 0.1) is 22.7 Å². The maximum Gasteiger partial charge on any atom is 0.315 e. The molecule has 120 valence electrons. The number of benzene rings is 1. The maximum atomic E-state index is 12.3. The molecule has 1 aliphatic carbocycles. The van der Waals surface area contributed by atoms with E-state index in [1.54, 1.807) is 18.3 Å². The first-order valence-electron chi connectivity index (χ1n) is 7.65. The Morgan fingerprint density at radius 2 is 2.04 bits per heavy atom. The van der Waals surface area contributed by atoms with Crippen molar-refractivity contribution in [1.29, 1.82) is 10.7 Å². The Kier molecular flexibility index (Phi) is 4.59. The van der Waals surface area contributed by atoms with Crippen LogP contribution in [0.3, 0.4) is 0 Å². The van der Waals surface area contributed by atoms with Gasteiger partial charge in [0.15, 0.2) is 0 Å². The highest BCUT2D eigenvalue weighted by atomic mass is 32.1. The number of ether oxygens (including phenoxy) is 1. The molecule has 1 heterocycles. The zero-order valence-corrected chi connectivity index (χ0v) is 14.0. The lowest BCUT2D eigenvalue weighted by molar-refractivity contribution is -0.145. The molecule has 0 amide bonds. The fraction of sp³-hybridized carbons (Fsp3) is 0.211. The molecular formula is C19H16N2O2S. The van der Waals surface area contributed by atoms with E-state index in [0.717, 1.165) is 16.7 Å². The molecule has 2 atom stereocenters. The van der Waals surface area contributed by atoms with Crippen LogP contribution in [-0.4, -0.2) is 18.3 Å². The van der Waals surface area contributed by atoms with Gasteiger partial charge in [-0.05, 0) is 46.5 Å². The third kappa shape index (κ3) is 2.89. The quantitative estimate of drug-likeness (QED) is 0.852. The van der Waals surface area contributed by atoms with Crippen LogP contribution in [0.2, 0.25) is 0 Å². The minimum atomic E-state index is -0.744. The number of carbonyl (C=O) groups is 1. The second kappa shape index (κ2) is 6.81. The van der Waals surface area contributed by atoms with Gasteiger partial charge in [-0.25, -0.2) is 0 Å². The van der Waals surface area contributed by atoms with Gasteiger partial charge in [0.25, 0.3) is 0 Å². The fourth-order valence-corrected chi connectivity index (χ4v) is 3.65. The van der Waals surface area contributed by atoms with E-state index in [0.29, 0.717) is 5.57 Å². The van der Waals surface area contributed by atoms with E-state index in [9.17, 15) is 10.1 Å². The van der Waals surface area contributed by atoms with Gasteiger partial charge in [-0.3, -0.25) is 4.79 Å². The monoisotopic (exact) mass is 336 g/mol. The van der Waals surface area contributed by atoms with Gasteiger partial charge in [-0.15, -0.1) is 0 Å². The van der Waals surface area contributed by atoms with Crippen molar-refractivity contribution in [3.63, 3.8) is 0 Å². The van der Waals surface area contributed by atoms with Gasteiger partial charge in [-0.1, -0.05) is 24.3 Å². The third-order valence-corrected chi connectivity index (χ3v) is 4.79. The van der Waals surface area contributed by atoms with Crippen molar-refractivity contribution in [2.45, 2.75) is 12.8 Å². The number of carbonyl (C=O) groups excluding carboxylic acids is 1. The number of allylic oxidation sites excluding steroid dienone is 2. The molecule has 1 aromatic heterocycles. The number of esters is 1. The lowest BCUT2D eigenvalue weighted by atomic mass is 9.84. The topological polar surface area (TPSA) is 73.9 Å². The highest BCUT2D eigenvalue weighted by Crippen LogP contribution is 2.39. The summed E-state index contributed by atoms with van der Waals surface area (Å²) in [7, 11) is 0. The van der Waals surface area contributed by atoms with Gasteiger partial charge in [0.1, 0.15) is 5.92 Å². The maximum absolute atomic E-state index is 12.3.